The number of oxime groups is 1. The van der Waals surface area contributed by atoms with Crippen LogP contribution in [0, 0.1) is 4.91 Å². The number of carbonyl (C=O) groups is 1. The predicted molar refractivity (Wildman–Crippen MR) is 56.1 cm³/mol. The van der Waals surface area contributed by atoms with Crippen molar-refractivity contribution in [1.29, 1.82) is 0 Å². The Morgan fingerprint density at radius 1 is 1.57 bits per heavy atom. The van der Waals surface area contributed by atoms with Gasteiger partial charge in [0.2, 0.25) is 0 Å². The summed E-state index contributed by atoms with van der Waals surface area (Å²) in [6.45, 7) is 3.83. The monoisotopic (exact) mass is 219 g/mol. The second-order valence-electron chi connectivity index (χ2n) is 3.00. The van der Waals surface area contributed by atoms with E-state index in [2.05, 4.69) is 15.3 Å². The molecule has 0 spiro atoms. The lowest BCUT2D eigenvalue weighted by Crippen LogP contribution is -2.21. The smallest absolute Gasteiger partial charge is 0.297 e. The lowest BCUT2D eigenvalue weighted by molar-refractivity contribution is 0.115. The van der Waals surface area contributed by atoms with Gasteiger partial charge in [-0.3, -0.25) is 4.84 Å². The molecule has 0 aliphatic carbocycles. The van der Waals surface area contributed by atoms with Gasteiger partial charge in [-0.25, -0.2) is 4.79 Å². The van der Waals surface area contributed by atoms with Crippen molar-refractivity contribution in [2.75, 3.05) is 13.3 Å². The van der Waals surface area contributed by atoms with E-state index in [9.17, 15) is 9.70 Å². The summed E-state index contributed by atoms with van der Waals surface area (Å²) in [5.74, 6) is 0. The Bertz CT molecular complexity index is 242. The molecule has 0 aromatic carbocycles. The van der Waals surface area contributed by atoms with E-state index >= 15 is 0 Å². The summed E-state index contributed by atoms with van der Waals surface area (Å²) in [6.07, 6.45) is 2.48. The minimum atomic E-state index is -0.909. The van der Waals surface area contributed by atoms with Crippen LogP contribution in [0.15, 0.2) is 10.4 Å². The van der Waals surface area contributed by atoms with Gasteiger partial charge in [0, 0.05) is 11.8 Å². The molecule has 0 atom stereocenters. The van der Waals surface area contributed by atoms with E-state index in [0.717, 1.165) is 0 Å². The molecular formula is C7H13N3O3S. The largest absolute Gasteiger partial charge is 0.458 e. The first-order chi connectivity index (χ1) is 6.43. The van der Waals surface area contributed by atoms with Crippen molar-refractivity contribution < 1.29 is 9.63 Å². The number of rotatable bonds is 4. The first kappa shape index (κ1) is 12.9. The first-order valence-electron chi connectivity index (χ1n) is 3.80. The van der Waals surface area contributed by atoms with Gasteiger partial charge in [-0.15, -0.1) is 4.91 Å². The fraction of sp³-hybridized carbons (Fsp3) is 0.714. The third-order valence-corrected chi connectivity index (χ3v) is 2.56. The third-order valence-electron chi connectivity index (χ3n) is 1.41. The summed E-state index contributed by atoms with van der Waals surface area (Å²) in [4.78, 5) is 25.1. The topological polar surface area (TPSA) is 71.3 Å². The summed E-state index contributed by atoms with van der Waals surface area (Å²) in [7, 11) is 1.19. The summed E-state index contributed by atoms with van der Waals surface area (Å²) in [6, 6.07) is 0. The maximum atomic E-state index is 10.8. The normalized spacial score (nSPS) is 11.4. The molecule has 0 saturated heterocycles. The molecule has 0 aliphatic rings. The Kier molecular flexibility index (Phi) is 5.14. The predicted octanol–water partition coefficient (Wildman–Crippen LogP) is 1.86. The van der Waals surface area contributed by atoms with Gasteiger partial charge < -0.3 is 0 Å². The Hall–Kier alpha value is -1.11. The van der Waals surface area contributed by atoms with Crippen LogP contribution in [0.25, 0.3) is 0 Å². The maximum absolute atomic E-state index is 10.8. The van der Waals surface area contributed by atoms with Crippen LogP contribution in [-0.4, -0.2) is 35.4 Å². The van der Waals surface area contributed by atoms with Gasteiger partial charge in [-0.1, -0.05) is 5.16 Å². The van der Waals surface area contributed by atoms with Crippen molar-refractivity contribution in [3.05, 3.63) is 4.91 Å². The molecule has 0 unspecified atom stereocenters. The molecule has 0 saturated carbocycles. The zero-order valence-electron chi connectivity index (χ0n) is 8.55. The highest BCUT2D eigenvalue weighted by Gasteiger charge is 2.14. The van der Waals surface area contributed by atoms with Crippen molar-refractivity contribution >= 4 is 24.1 Å². The number of thioether (sulfide) groups is 1. The van der Waals surface area contributed by atoms with Crippen LogP contribution in [0.4, 0.5) is 4.79 Å². The van der Waals surface area contributed by atoms with E-state index in [0.29, 0.717) is 5.01 Å². The molecular weight excluding hydrogens is 206 g/mol. The molecule has 0 fully saturated rings. The van der Waals surface area contributed by atoms with E-state index < -0.39 is 6.09 Å². The fourth-order valence-electron chi connectivity index (χ4n) is 0.343. The molecule has 14 heavy (non-hydrogen) atoms. The molecule has 80 valence electrons. The van der Waals surface area contributed by atoms with Crippen LogP contribution in [0.2, 0.25) is 0 Å². The van der Waals surface area contributed by atoms with Gasteiger partial charge in [0.1, 0.15) is 0 Å². The van der Waals surface area contributed by atoms with Crippen molar-refractivity contribution in [3.8, 4) is 0 Å². The highest BCUT2D eigenvalue weighted by Crippen LogP contribution is 2.18. The maximum Gasteiger partial charge on any atom is 0.458 e. The van der Waals surface area contributed by atoms with Crippen LogP contribution in [0.1, 0.15) is 13.8 Å². The third kappa shape index (κ3) is 4.80. The van der Waals surface area contributed by atoms with Crippen LogP contribution in [0.5, 0.6) is 0 Å². The van der Waals surface area contributed by atoms with E-state index in [4.69, 9.17) is 0 Å². The van der Waals surface area contributed by atoms with Crippen LogP contribution >= 0.6 is 11.8 Å². The minimum Gasteiger partial charge on any atom is -0.297 e. The average molecular weight is 219 g/mol. The standard InChI is InChI=1S/C7H13N3O3S/c1-7(2,14-4)5-8-13-6(11)10(3)9-12/h5H,1-4H3/b8-5+. The Morgan fingerprint density at radius 3 is 2.57 bits per heavy atom. The molecule has 0 heterocycles. The van der Waals surface area contributed by atoms with Crippen LogP contribution in [0.3, 0.4) is 0 Å². The average Bonchev–Trinajstić information content (AvgIpc) is 2.16. The number of amides is 1. The SMILES string of the molecule is CSC(C)(C)/C=N/OC(=O)N(C)N=O. The van der Waals surface area contributed by atoms with E-state index in [-0.39, 0.29) is 4.75 Å². The Labute approximate surface area is 86.6 Å². The minimum absolute atomic E-state index is 0.215. The Balaban J connectivity index is 4.06. The zero-order chi connectivity index (χ0) is 11.2. The lowest BCUT2D eigenvalue weighted by atomic mass is 10.2. The highest BCUT2D eigenvalue weighted by molar-refractivity contribution is 8.00. The quantitative estimate of drug-likeness (QED) is 0.313. The molecule has 0 aliphatic heterocycles. The highest BCUT2D eigenvalue weighted by atomic mass is 32.2. The number of hydrogen-bond acceptors (Lipinski definition) is 6. The van der Waals surface area contributed by atoms with Crippen LogP contribution < -0.4 is 0 Å². The van der Waals surface area contributed by atoms with E-state index in [1.165, 1.54) is 13.3 Å². The molecule has 6 nitrogen and oxygen atoms in total. The molecule has 0 N–H and O–H groups in total. The first-order valence-corrected chi connectivity index (χ1v) is 5.03. The number of carbonyl (C=O) groups excluding carboxylic acids is 1. The molecule has 1 amide bonds. The number of nitrogens with zero attached hydrogens (tertiary/aromatic N) is 3. The van der Waals surface area contributed by atoms with Crippen molar-refractivity contribution in [3.63, 3.8) is 0 Å². The Morgan fingerprint density at radius 2 is 2.14 bits per heavy atom. The number of nitroso groups, excluding NO2 is 1. The molecule has 0 radical (unpaired) electrons. The van der Waals surface area contributed by atoms with Gasteiger partial charge in [-0.2, -0.15) is 16.8 Å². The van der Waals surface area contributed by atoms with E-state index in [1.54, 1.807) is 11.8 Å². The van der Waals surface area contributed by atoms with Crippen molar-refractivity contribution in [2.45, 2.75) is 18.6 Å². The second-order valence-corrected chi connectivity index (χ2v) is 4.46. The molecule has 7 heteroatoms. The zero-order valence-corrected chi connectivity index (χ0v) is 9.37. The summed E-state index contributed by atoms with van der Waals surface area (Å²) in [5, 5.41) is 6.32. The van der Waals surface area contributed by atoms with E-state index in [1.807, 2.05) is 20.1 Å². The lowest BCUT2D eigenvalue weighted by Gasteiger charge is -2.14. The van der Waals surface area contributed by atoms with Gasteiger partial charge >= 0.3 is 6.09 Å². The fourth-order valence-corrected chi connectivity index (χ4v) is 0.492. The molecule has 0 aromatic heterocycles. The van der Waals surface area contributed by atoms with Crippen molar-refractivity contribution in [2.24, 2.45) is 10.4 Å². The molecule has 0 aromatic rings. The summed E-state index contributed by atoms with van der Waals surface area (Å²) < 4.78 is -0.215. The number of hydrogen-bond donors (Lipinski definition) is 0. The van der Waals surface area contributed by atoms with Gasteiger partial charge in [0.05, 0.1) is 11.5 Å². The second kappa shape index (κ2) is 5.58. The van der Waals surface area contributed by atoms with Crippen molar-refractivity contribution in [1.82, 2.24) is 5.01 Å². The molecule has 0 bridgehead atoms. The van der Waals surface area contributed by atoms with Gasteiger partial charge in [0.15, 0.2) is 0 Å². The molecule has 0 rings (SSSR count). The van der Waals surface area contributed by atoms with Gasteiger partial charge in [0.25, 0.3) is 0 Å². The summed E-state index contributed by atoms with van der Waals surface area (Å²) in [5.41, 5.74) is 0. The van der Waals surface area contributed by atoms with Crippen LogP contribution in [-0.2, 0) is 4.84 Å². The van der Waals surface area contributed by atoms with Gasteiger partial charge in [-0.05, 0) is 20.1 Å². The summed E-state index contributed by atoms with van der Waals surface area (Å²) >= 11 is 1.55.